The van der Waals surface area contributed by atoms with Gasteiger partial charge in [-0.05, 0) is 5.92 Å². The third-order valence-corrected chi connectivity index (χ3v) is 3.11. The maximum absolute atomic E-state index is 13.1. The van der Waals surface area contributed by atoms with Gasteiger partial charge in [0.25, 0.3) is 5.92 Å². The first-order chi connectivity index (χ1) is 5.02. The van der Waals surface area contributed by atoms with Gasteiger partial charge in [0, 0.05) is 19.0 Å². The molecule has 2 aliphatic rings. The van der Waals surface area contributed by atoms with Crippen LogP contribution >= 0.6 is 12.4 Å². The summed E-state index contributed by atoms with van der Waals surface area (Å²) in [7, 11) is 0. The van der Waals surface area contributed by atoms with Gasteiger partial charge in [-0.3, -0.25) is 0 Å². The van der Waals surface area contributed by atoms with Gasteiger partial charge in [0.2, 0.25) is 0 Å². The van der Waals surface area contributed by atoms with Crippen molar-refractivity contribution in [3.05, 3.63) is 0 Å². The summed E-state index contributed by atoms with van der Waals surface area (Å²) in [5.41, 5.74) is -0.638. The topological polar surface area (TPSA) is 12.0 Å². The molecule has 1 aliphatic heterocycles. The summed E-state index contributed by atoms with van der Waals surface area (Å²) in [5, 5.41) is 2.92. The molecule has 12 heavy (non-hydrogen) atoms. The van der Waals surface area contributed by atoms with Crippen molar-refractivity contribution in [2.45, 2.75) is 19.8 Å². The molecule has 2 rings (SSSR count). The fraction of sp³-hybridized carbons (Fsp3) is 1.00. The van der Waals surface area contributed by atoms with Crippen LogP contribution in [0.4, 0.5) is 8.78 Å². The van der Waals surface area contributed by atoms with Gasteiger partial charge in [-0.2, -0.15) is 0 Å². The lowest BCUT2D eigenvalue weighted by atomic mass is 9.92. The van der Waals surface area contributed by atoms with Crippen molar-refractivity contribution >= 4 is 12.4 Å². The van der Waals surface area contributed by atoms with Crippen molar-refractivity contribution in [3.63, 3.8) is 0 Å². The van der Waals surface area contributed by atoms with E-state index < -0.39 is 11.3 Å². The number of alkyl halides is 2. The van der Waals surface area contributed by atoms with E-state index in [2.05, 4.69) is 5.32 Å². The third kappa shape index (κ3) is 0.867. The summed E-state index contributed by atoms with van der Waals surface area (Å²) in [6, 6.07) is 0. The molecule has 0 aromatic rings. The standard InChI is InChI=1S/C8H13F2N.ClH/c1-5(2)6-7(3-11-4-7)8(6,9)10;/h5-6,11H,3-4H2,1-2H3;1H. The Bertz CT molecular complexity index is 189. The zero-order valence-corrected chi connectivity index (χ0v) is 8.05. The van der Waals surface area contributed by atoms with Gasteiger partial charge in [-0.25, -0.2) is 8.78 Å². The molecule has 4 heteroatoms. The van der Waals surface area contributed by atoms with E-state index >= 15 is 0 Å². The third-order valence-electron chi connectivity index (χ3n) is 3.11. The van der Waals surface area contributed by atoms with Crippen molar-refractivity contribution < 1.29 is 8.78 Å². The van der Waals surface area contributed by atoms with E-state index in [1.807, 2.05) is 13.8 Å². The molecule has 0 aromatic carbocycles. The van der Waals surface area contributed by atoms with Gasteiger partial charge in [0.1, 0.15) is 0 Å². The van der Waals surface area contributed by atoms with Gasteiger partial charge in [-0.15, -0.1) is 12.4 Å². The summed E-state index contributed by atoms with van der Waals surface area (Å²) in [6.07, 6.45) is 0. The maximum atomic E-state index is 13.1. The Labute approximate surface area is 77.3 Å². The Morgan fingerprint density at radius 1 is 1.33 bits per heavy atom. The van der Waals surface area contributed by atoms with Gasteiger partial charge >= 0.3 is 0 Å². The smallest absolute Gasteiger partial charge is 0.260 e. The molecule has 2 fully saturated rings. The molecular weight excluding hydrogens is 184 g/mol. The second-order valence-electron chi connectivity index (χ2n) is 4.10. The van der Waals surface area contributed by atoms with E-state index in [4.69, 9.17) is 0 Å². The highest BCUT2D eigenvalue weighted by Gasteiger charge is 2.82. The molecule has 1 nitrogen and oxygen atoms in total. The van der Waals surface area contributed by atoms with Crippen LogP contribution in [0.25, 0.3) is 0 Å². The minimum atomic E-state index is -2.38. The first-order valence-electron chi connectivity index (χ1n) is 4.11. The van der Waals surface area contributed by atoms with Gasteiger partial charge < -0.3 is 5.32 Å². The first-order valence-corrected chi connectivity index (χ1v) is 4.11. The highest BCUT2D eigenvalue weighted by Crippen LogP contribution is 2.70. The van der Waals surface area contributed by atoms with Crippen LogP contribution in [-0.4, -0.2) is 19.0 Å². The molecule has 72 valence electrons. The van der Waals surface area contributed by atoms with E-state index in [-0.39, 0.29) is 24.2 Å². The number of hydrogen-bond acceptors (Lipinski definition) is 1. The van der Waals surface area contributed by atoms with Crippen LogP contribution in [-0.2, 0) is 0 Å². The van der Waals surface area contributed by atoms with Crippen LogP contribution in [0.5, 0.6) is 0 Å². The van der Waals surface area contributed by atoms with Crippen molar-refractivity contribution in [1.29, 1.82) is 0 Å². The van der Waals surface area contributed by atoms with Crippen LogP contribution in [0.15, 0.2) is 0 Å². The molecule has 1 N–H and O–H groups in total. The fourth-order valence-electron chi connectivity index (χ4n) is 2.45. The van der Waals surface area contributed by atoms with Crippen molar-refractivity contribution in [2.75, 3.05) is 13.1 Å². The molecule has 0 bridgehead atoms. The van der Waals surface area contributed by atoms with Crippen LogP contribution in [0.2, 0.25) is 0 Å². The predicted octanol–water partition coefficient (Wildman–Crippen LogP) is 1.92. The molecule has 1 heterocycles. The summed E-state index contributed by atoms with van der Waals surface area (Å²) in [6.45, 7) is 4.79. The average Bonchev–Trinajstić information content (AvgIpc) is 2.25. The average molecular weight is 198 g/mol. The maximum Gasteiger partial charge on any atom is 0.260 e. The van der Waals surface area contributed by atoms with Crippen LogP contribution < -0.4 is 5.32 Å². The quantitative estimate of drug-likeness (QED) is 0.677. The summed E-state index contributed by atoms with van der Waals surface area (Å²) >= 11 is 0. The lowest BCUT2D eigenvalue weighted by Gasteiger charge is -2.28. The molecule has 0 amide bonds. The van der Waals surface area contributed by atoms with Gasteiger partial charge in [-0.1, -0.05) is 13.8 Å². The zero-order chi connectivity index (χ0) is 8.28. The highest BCUT2D eigenvalue weighted by molar-refractivity contribution is 5.85. The lowest BCUT2D eigenvalue weighted by molar-refractivity contribution is 0.0366. The number of rotatable bonds is 1. The molecule has 1 spiro atoms. The van der Waals surface area contributed by atoms with E-state index in [0.717, 1.165) is 0 Å². The Kier molecular flexibility index (Phi) is 2.16. The molecule has 0 radical (unpaired) electrons. The summed E-state index contributed by atoms with van der Waals surface area (Å²) < 4.78 is 26.2. The summed E-state index contributed by atoms with van der Waals surface area (Å²) in [4.78, 5) is 0. The van der Waals surface area contributed by atoms with Gasteiger partial charge in [0.05, 0.1) is 5.41 Å². The molecule has 1 unspecified atom stereocenters. The van der Waals surface area contributed by atoms with Crippen LogP contribution in [0.1, 0.15) is 13.8 Å². The molecular formula is C8H14ClF2N. The molecule has 1 aliphatic carbocycles. The molecule has 1 saturated heterocycles. The minimum Gasteiger partial charge on any atom is -0.315 e. The highest BCUT2D eigenvalue weighted by atomic mass is 35.5. The monoisotopic (exact) mass is 197 g/mol. The van der Waals surface area contributed by atoms with E-state index in [0.29, 0.717) is 13.1 Å². The normalized spacial score (nSPS) is 34.2. The predicted molar refractivity (Wildman–Crippen MR) is 45.8 cm³/mol. The lowest BCUT2D eigenvalue weighted by Crippen LogP contribution is -2.48. The van der Waals surface area contributed by atoms with Crippen LogP contribution in [0, 0.1) is 17.3 Å². The second kappa shape index (κ2) is 2.55. The summed E-state index contributed by atoms with van der Waals surface area (Å²) in [5.74, 6) is -2.63. The van der Waals surface area contributed by atoms with E-state index in [9.17, 15) is 8.78 Å². The van der Waals surface area contributed by atoms with E-state index in [1.54, 1.807) is 0 Å². The van der Waals surface area contributed by atoms with Crippen molar-refractivity contribution in [2.24, 2.45) is 17.3 Å². The molecule has 0 aromatic heterocycles. The zero-order valence-electron chi connectivity index (χ0n) is 7.23. The Hall–Kier alpha value is 0.110. The largest absolute Gasteiger partial charge is 0.315 e. The first kappa shape index (κ1) is 10.2. The molecule has 1 atom stereocenters. The van der Waals surface area contributed by atoms with Crippen molar-refractivity contribution in [3.8, 4) is 0 Å². The number of hydrogen-bond donors (Lipinski definition) is 1. The van der Waals surface area contributed by atoms with Crippen LogP contribution in [0.3, 0.4) is 0 Å². The number of halogens is 3. The Morgan fingerprint density at radius 2 is 1.83 bits per heavy atom. The van der Waals surface area contributed by atoms with E-state index in [1.165, 1.54) is 0 Å². The minimum absolute atomic E-state index is 0. The molecule has 1 saturated carbocycles. The fourth-order valence-corrected chi connectivity index (χ4v) is 2.45. The second-order valence-corrected chi connectivity index (χ2v) is 4.10. The Morgan fingerprint density at radius 3 is 1.92 bits per heavy atom. The van der Waals surface area contributed by atoms with Crippen molar-refractivity contribution in [1.82, 2.24) is 5.32 Å². The van der Waals surface area contributed by atoms with Gasteiger partial charge in [0.15, 0.2) is 0 Å². The Balaban J connectivity index is 0.000000720. The number of nitrogens with one attached hydrogen (secondary N) is 1. The SMILES string of the molecule is CC(C)C1C(F)(F)C12CNC2.Cl.